The van der Waals surface area contributed by atoms with Crippen LogP contribution in [-0.4, -0.2) is 32.3 Å². The van der Waals surface area contributed by atoms with Crippen LogP contribution in [0.3, 0.4) is 0 Å². The SMILES string of the molecule is COc1cc(N)c(Cl)cc1C(=O)NC1CCCCC1OC. The van der Waals surface area contributed by atoms with E-state index in [2.05, 4.69) is 5.32 Å². The molecule has 3 N–H and O–H groups in total. The number of anilines is 1. The third-order valence-corrected chi connectivity index (χ3v) is 4.21. The van der Waals surface area contributed by atoms with E-state index >= 15 is 0 Å². The van der Waals surface area contributed by atoms with Crippen molar-refractivity contribution >= 4 is 23.2 Å². The largest absolute Gasteiger partial charge is 0.496 e. The Labute approximate surface area is 129 Å². The summed E-state index contributed by atoms with van der Waals surface area (Å²) in [6.45, 7) is 0. The minimum Gasteiger partial charge on any atom is -0.496 e. The average molecular weight is 313 g/mol. The molecule has 1 aliphatic carbocycles. The second kappa shape index (κ2) is 7.00. The van der Waals surface area contributed by atoms with E-state index in [1.54, 1.807) is 13.2 Å². The quantitative estimate of drug-likeness (QED) is 0.838. The lowest BCUT2D eigenvalue weighted by molar-refractivity contribution is 0.0392. The fourth-order valence-corrected chi connectivity index (χ4v) is 2.87. The Morgan fingerprint density at radius 1 is 1.33 bits per heavy atom. The maximum atomic E-state index is 12.5. The number of amides is 1. The van der Waals surface area contributed by atoms with Crippen molar-refractivity contribution in [1.82, 2.24) is 5.32 Å². The molecule has 0 saturated heterocycles. The summed E-state index contributed by atoms with van der Waals surface area (Å²) in [5.41, 5.74) is 6.50. The lowest BCUT2D eigenvalue weighted by Crippen LogP contribution is -2.46. The summed E-state index contributed by atoms with van der Waals surface area (Å²) >= 11 is 6.00. The minimum atomic E-state index is -0.220. The monoisotopic (exact) mass is 312 g/mol. The number of carbonyl (C=O) groups excluding carboxylic acids is 1. The normalized spacial score (nSPS) is 21.9. The first-order valence-corrected chi connectivity index (χ1v) is 7.41. The van der Waals surface area contributed by atoms with E-state index in [1.165, 1.54) is 13.2 Å². The fraction of sp³-hybridized carbons (Fsp3) is 0.533. The molecule has 5 nitrogen and oxygen atoms in total. The number of ether oxygens (including phenoxy) is 2. The van der Waals surface area contributed by atoms with Crippen molar-refractivity contribution in [3.63, 3.8) is 0 Å². The second-order valence-corrected chi connectivity index (χ2v) is 5.62. The number of nitrogens with two attached hydrogens (primary N) is 1. The molecule has 116 valence electrons. The Morgan fingerprint density at radius 2 is 2.05 bits per heavy atom. The van der Waals surface area contributed by atoms with Gasteiger partial charge in [0, 0.05) is 13.2 Å². The van der Waals surface area contributed by atoms with Gasteiger partial charge in [0.1, 0.15) is 5.75 Å². The van der Waals surface area contributed by atoms with Crippen LogP contribution in [0.4, 0.5) is 5.69 Å². The Morgan fingerprint density at radius 3 is 2.71 bits per heavy atom. The number of halogens is 1. The van der Waals surface area contributed by atoms with Crippen LogP contribution in [0.2, 0.25) is 5.02 Å². The molecule has 2 atom stereocenters. The summed E-state index contributed by atoms with van der Waals surface area (Å²) in [6, 6.07) is 3.11. The van der Waals surface area contributed by atoms with Gasteiger partial charge in [0.2, 0.25) is 0 Å². The van der Waals surface area contributed by atoms with Crippen molar-refractivity contribution in [3.8, 4) is 5.75 Å². The van der Waals surface area contributed by atoms with Crippen molar-refractivity contribution in [2.24, 2.45) is 0 Å². The molecule has 1 aromatic carbocycles. The van der Waals surface area contributed by atoms with Gasteiger partial charge in [-0.3, -0.25) is 4.79 Å². The van der Waals surface area contributed by atoms with Crippen LogP contribution < -0.4 is 15.8 Å². The molecule has 2 unspecified atom stereocenters. The molecule has 0 heterocycles. The van der Waals surface area contributed by atoms with Crippen molar-refractivity contribution in [1.29, 1.82) is 0 Å². The summed E-state index contributed by atoms with van der Waals surface area (Å²) < 4.78 is 10.7. The zero-order chi connectivity index (χ0) is 15.4. The van der Waals surface area contributed by atoms with E-state index in [4.69, 9.17) is 26.8 Å². The standard InChI is InChI=1S/C15H21ClN2O3/c1-20-13-6-4-3-5-12(13)18-15(19)9-7-10(16)11(17)8-14(9)21-2/h7-8,12-13H,3-6,17H2,1-2H3,(H,18,19). The number of methoxy groups -OCH3 is 2. The molecule has 0 bridgehead atoms. The van der Waals surface area contributed by atoms with Gasteiger partial charge >= 0.3 is 0 Å². The zero-order valence-electron chi connectivity index (χ0n) is 12.3. The number of hydrogen-bond donors (Lipinski definition) is 2. The summed E-state index contributed by atoms with van der Waals surface area (Å²) in [4.78, 5) is 12.5. The lowest BCUT2D eigenvalue weighted by Gasteiger charge is -2.31. The number of nitrogen functional groups attached to an aromatic ring is 1. The summed E-state index contributed by atoms with van der Waals surface area (Å²) in [6.07, 6.45) is 4.14. The number of nitrogens with one attached hydrogen (secondary N) is 1. The third kappa shape index (κ3) is 3.60. The third-order valence-electron chi connectivity index (χ3n) is 3.89. The highest BCUT2D eigenvalue weighted by Gasteiger charge is 2.27. The molecule has 21 heavy (non-hydrogen) atoms. The number of rotatable bonds is 4. The molecule has 6 heteroatoms. The van der Waals surface area contributed by atoms with Crippen molar-refractivity contribution in [2.75, 3.05) is 20.0 Å². The van der Waals surface area contributed by atoms with Gasteiger partial charge in [0.25, 0.3) is 5.91 Å². The first-order chi connectivity index (χ1) is 10.1. The van der Waals surface area contributed by atoms with E-state index < -0.39 is 0 Å². The maximum absolute atomic E-state index is 12.5. The van der Waals surface area contributed by atoms with Crippen molar-refractivity contribution in [2.45, 2.75) is 37.8 Å². The molecule has 1 saturated carbocycles. The van der Waals surface area contributed by atoms with Gasteiger partial charge in [-0.05, 0) is 18.9 Å². The molecule has 0 radical (unpaired) electrons. The predicted molar refractivity (Wildman–Crippen MR) is 82.9 cm³/mol. The van der Waals surface area contributed by atoms with Gasteiger partial charge in [0.05, 0.1) is 35.5 Å². The molecule has 0 aliphatic heterocycles. The predicted octanol–water partition coefficient (Wildman–Crippen LogP) is 2.62. The smallest absolute Gasteiger partial charge is 0.255 e. The van der Waals surface area contributed by atoms with Gasteiger partial charge in [-0.15, -0.1) is 0 Å². The Kier molecular flexibility index (Phi) is 5.31. The molecular weight excluding hydrogens is 292 g/mol. The zero-order valence-corrected chi connectivity index (χ0v) is 13.1. The maximum Gasteiger partial charge on any atom is 0.255 e. The van der Waals surface area contributed by atoms with Crippen molar-refractivity contribution < 1.29 is 14.3 Å². The van der Waals surface area contributed by atoms with Gasteiger partial charge < -0.3 is 20.5 Å². The highest BCUT2D eigenvalue weighted by Crippen LogP contribution is 2.29. The number of benzene rings is 1. The van der Waals surface area contributed by atoms with Crippen LogP contribution in [0.5, 0.6) is 5.75 Å². The molecule has 0 spiro atoms. The van der Waals surface area contributed by atoms with E-state index in [1.807, 2.05) is 0 Å². The van der Waals surface area contributed by atoms with E-state index in [0.717, 1.165) is 25.7 Å². The average Bonchev–Trinajstić information content (AvgIpc) is 2.50. The van der Waals surface area contributed by atoms with Crippen LogP contribution in [0.1, 0.15) is 36.0 Å². The summed E-state index contributed by atoms with van der Waals surface area (Å²) in [7, 11) is 3.17. The van der Waals surface area contributed by atoms with Crippen LogP contribution in [-0.2, 0) is 4.74 Å². The fourth-order valence-electron chi connectivity index (χ4n) is 2.71. The van der Waals surface area contributed by atoms with Crippen LogP contribution in [0.15, 0.2) is 12.1 Å². The van der Waals surface area contributed by atoms with Gasteiger partial charge in [-0.1, -0.05) is 24.4 Å². The Bertz CT molecular complexity index is 522. The molecule has 1 aliphatic rings. The van der Waals surface area contributed by atoms with Crippen LogP contribution in [0, 0.1) is 0 Å². The second-order valence-electron chi connectivity index (χ2n) is 5.21. The first kappa shape index (κ1) is 15.9. The van der Waals surface area contributed by atoms with Crippen LogP contribution >= 0.6 is 11.6 Å². The van der Waals surface area contributed by atoms with E-state index in [0.29, 0.717) is 22.0 Å². The molecular formula is C15H21ClN2O3. The molecule has 1 aromatic rings. The number of carbonyl (C=O) groups is 1. The van der Waals surface area contributed by atoms with Gasteiger partial charge in [0.15, 0.2) is 0 Å². The lowest BCUT2D eigenvalue weighted by atomic mass is 9.92. The van der Waals surface area contributed by atoms with Gasteiger partial charge in [-0.2, -0.15) is 0 Å². The topological polar surface area (TPSA) is 73.6 Å². The molecule has 2 rings (SSSR count). The van der Waals surface area contributed by atoms with Gasteiger partial charge in [-0.25, -0.2) is 0 Å². The summed E-state index contributed by atoms with van der Waals surface area (Å²) in [5, 5.41) is 3.35. The molecule has 1 amide bonds. The van der Waals surface area contributed by atoms with Crippen LogP contribution in [0.25, 0.3) is 0 Å². The Balaban J connectivity index is 2.18. The molecule has 1 fully saturated rings. The van der Waals surface area contributed by atoms with Crippen molar-refractivity contribution in [3.05, 3.63) is 22.7 Å². The summed E-state index contributed by atoms with van der Waals surface area (Å²) in [5.74, 6) is 0.196. The van der Waals surface area contributed by atoms with E-state index in [-0.39, 0.29) is 18.1 Å². The Hall–Kier alpha value is -1.46. The number of hydrogen-bond acceptors (Lipinski definition) is 4. The molecule has 0 aromatic heterocycles. The minimum absolute atomic E-state index is 0.0114. The highest BCUT2D eigenvalue weighted by molar-refractivity contribution is 6.33. The first-order valence-electron chi connectivity index (χ1n) is 7.03. The highest BCUT2D eigenvalue weighted by atomic mass is 35.5. The van der Waals surface area contributed by atoms with E-state index in [9.17, 15) is 4.79 Å².